The Bertz CT molecular complexity index is 363. The molecule has 0 atom stereocenters. The number of nitrogens with zero attached hydrogens (tertiary/aromatic N) is 3. The summed E-state index contributed by atoms with van der Waals surface area (Å²) in [6, 6.07) is 0. The molecule has 0 bridgehead atoms. The fourth-order valence-electron chi connectivity index (χ4n) is 1.29. The number of anilines is 1. The predicted molar refractivity (Wildman–Crippen MR) is 60.8 cm³/mol. The van der Waals surface area contributed by atoms with Crippen LogP contribution in [0.1, 0.15) is 18.2 Å². The molecule has 0 aliphatic rings. The number of aliphatic hydroxyl groups excluding tert-OH is 1. The van der Waals surface area contributed by atoms with Gasteiger partial charge in [-0.2, -0.15) is 0 Å². The van der Waals surface area contributed by atoms with E-state index in [1.807, 2.05) is 25.8 Å². The third-order valence-corrected chi connectivity index (χ3v) is 2.09. The van der Waals surface area contributed by atoms with Crippen molar-refractivity contribution in [2.45, 2.75) is 20.5 Å². The zero-order chi connectivity index (χ0) is 11.4. The van der Waals surface area contributed by atoms with Gasteiger partial charge in [0.2, 0.25) is 5.95 Å². The second-order valence-electron chi connectivity index (χ2n) is 3.75. The number of hydrogen-bond acceptors (Lipinski definition) is 4. The maximum absolute atomic E-state index is 8.99. The molecule has 0 aliphatic carbocycles. The van der Waals surface area contributed by atoms with Gasteiger partial charge in [-0.15, -0.1) is 0 Å². The van der Waals surface area contributed by atoms with E-state index >= 15 is 0 Å². The third-order valence-electron chi connectivity index (χ3n) is 2.09. The van der Waals surface area contributed by atoms with Crippen LogP contribution in [0.5, 0.6) is 0 Å². The Balaban J connectivity index is 2.87. The largest absolute Gasteiger partial charge is 0.392 e. The molecule has 1 aromatic heterocycles. The lowest BCUT2D eigenvalue weighted by Crippen LogP contribution is -2.22. The first-order chi connectivity index (χ1) is 7.04. The Kier molecular flexibility index (Phi) is 3.80. The molecular weight excluding hydrogens is 190 g/mol. The Hall–Kier alpha value is -1.42. The topological polar surface area (TPSA) is 49.2 Å². The van der Waals surface area contributed by atoms with Gasteiger partial charge in [-0.25, -0.2) is 9.97 Å². The Morgan fingerprint density at radius 1 is 1.60 bits per heavy atom. The molecule has 1 N–H and O–H groups in total. The molecule has 82 valence electrons. The lowest BCUT2D eigenvalue weighted by atomic mass is 10.2. The molecule has 0 saturated heterocycles. The quantitative estimate of drug-likeness (QED) is 0.756. The van der Waals surface area contributed by atoms with Gasteiger partial charge in [0, 0.05) is 31.0 Å². The van der Waals surface area contributed by atoms with Crippen molar-refractivity contribution >= 4 is 5.95 Å². The van der Waals surface area contributed by atoms with Gasteiger partial charge in [-0.3, -0.25) is 0 Å². The molecule has 0 amide bonds. The highest BCUT2D eigenvalue weighted by molar-refractivity contribution is 5.33. The van der Waals surface area contributed by atoms with Crippen molar-refractivity contribution in [3.8, 4) is 0 Å². The SMILES string of the molecule is C=C(C)CN(C)c1ncc(CO)c(C)n1. The standard InChI is InChI=1S/C11H17N3O/c1-8(2)6-14(4)11-12-5-10(7-15)9(3)13-11/h5,15H,1,6-7H2,2-4H3. The fourth-order valence-corrected chi connectivity index (χ4v) is 1.29. The molecule has 0 fully saturated rings. The molecule has 0 aromatic carbocycles. The van der Waals surface area contributed by atoms with E-state index in [0.29, 0.717) is 5.95 Å². The van der Waals surface area contributed by atoms with Crippen molar-refractivity contribution in [2.75, 3.05) is 18.5 Å². The summed E-state index contributed by atoms with van der Waals surface area (Å²) in [7, 11) is 1.92. The average Bonchev–Trinajstić information content (AvgIpc) is 2.16. The van der Waals surface area contributed by atoms with Gasteiger partial charge < -0.3 is 10.0 Å². The maximum atomic E-state index is 8.99. The summed E-state index contributed by atoms with van der Waals surface area (Å²) in [4.78, 5) is 10.4. The average molecular weight is 207 g/mol. The number of aliphatic hydroxyl groups is 1. The smallest absolute Gasteiger partial charge is 0.225 e. The molecule has 1 rings (SSSR count). The second kappa shape index (κ2) is 4.89. The molecule has 0 spiro atoms. The maximum Gasteiger partial charge on any atom is 0.225 e. The summed E-state index contributed by atoms with van der Waals surface area (Å²) in [6.07, 6.45) is 1.66. The first-order valence-electron chi connectivity index (χ1n) is 4.83. The van der Waals surface area contributed by atoms with Crippen LogP contribution in [-0.4, -0.2) is 28.7 Å². The first-order valence-corrected chi connectivity index (χ1v) is 4.83. The van der Waals surface area contributed by atoms with Crippen LogP contribution in [-0.2, 0) is 6.61 Å². The van der Waals surface area contributed by atoms with Crippen LogP contribution in [0, 0.1) is 6.92 Å². The minimum atomic E-state index is -0.0175. The highest BCUT2D eigenvalue weighted by Crippen LogP contribution is 2.10. The molecular formula is C11H17N3O. The minimum absolute atomic E-state index is 0.0175. The highest BCUT2D eigenvalue weighted by Gasteiger charge is 2.06. The molecule has 4 nitrogen and oxygen atoms in total. The molecule has 0 unspecified atom stereocenters. The fraction of sp³-hybridized carbons (Fsp3) is 0.455. The van der Waals surface area contributed by atoms with Crippen LogP contribution >= 0.6 is 0 Å². The van der Waals surface area contributed by atoms with Gasteiger partial charge in [0.25, 0.3) is 0 Å². The van der Waals surface area contributed by atoms with Gasteiger partial charge in [0.15, 0.2) is 0 Å². The second-order valence-corrected chi connectivity index (χ2v) is 3.75. The first kappa shape index (κ1) is 11.7. The zero-order valence-electron chi connectivity index (χ0n) is 9.49. The molecule has 0 radical (unpaired) electrons. The van der Waals surface area contributed by atoms with E-state index in [2.05, 4.69) is 16.5 Å². The minimum Gasteiger partial charge on any atom is -0.392 e. The molecule has 0 saturated carbocycles. The third kappa shape index (κ3) is 3.02. The number of aryl methyl sites for hydroxylation is 1. The number of aromatic nitrogens is 2. The van der Waals surface area contributed by atoms with Crippen LogP contribution in [0.15, 0.2) is 18.3 Å². The van der Waals surface area contributed by atoms with Crippen molar-refractivity contribution in [3.05, 3.63) is 29.6 Å². The van der Waals surface area contributed by atoms with E-state index in [4.69, 9.17) is 5.11 Å². The van der Waals surface area contributed by atoms with Gasteiger partial charge in [-0.05, 0) is 13.8 Å². The summed E-state index contributed by atoms with van der Waals surface area (Å²) >= 11 is 0. The van der Waals surface area contributed by atoms with E-state index in [1.165, 1.54) is 0 Å². The molecule has 15 heavy (non-hydrogen) atoms. The Labute approximate surface area is 90.3 Å². The van der Waals surface area contributed by atoms with E-state index in [0.717, 1.165) is 23.4 Å². The van der Waals surface area contributed by atoms with Crippen LogP contribution in [0.25, 0.3) is 0 Å². The van der Waals surface area contributed by atoms with Crippen molar-refractivity contribution in [1.82, 2.24) is 9.97 Å². The van der Waals surface area contributed by atoms with Crippen molar-refractivity contribution < 1.29 is 5.11 Å². The van der Waals surface area contributed by atoms with E-state index in [-0.39, 0.29) is 6.61 Å². The van der Waals surface area contributed by atoms with Crippen molar-refractivity contribution in [2.24, 2.45) is 0 Å². The summed E-state index contributed by atoms with van der Waals surface area (Å²) in [6.45, 7) is 8.39. The van der Waals surface area contributed by atoms with Crippen LogP contribution in [0.2, 0.25) is 0 Å². The lowest BCUT2D eigenvalue weighted by Gasteiger charge is -2.17. The normalized spacial score (nSPS) is 10.1. The number of rotatable bonds is 4. The van der Waals surface area contributed by atoms with E-state index in [9.17, 15) is 0 Å². The molecule has 0 aliphatic heterocycles. The Morgan fingerprint density at radius 2 is 2.27 bits per heavy atom. The van der Waals surface area contributed by atoms with Gasteiger partial charge in [0.05, 0.1) is 6.61 Å². The van der Waals surface area contributed by atoms with E-state index < -0.39 is 0 Å². The molecule has 1 aromatic rings. The molecule has 1 heterocycles. The van der Waals surface area contributed by atoms with Gasteiger partial charge in [-0.1, -0.05) is 12.2 Å². The van der Waals surface area contributed by atoms with E-state index in [1.54, 1.807) is 6.20 Å². The predicted octanol–water partition coefficient (Wildman–Crippen LogP) is 1.29. The van der Waals surface area contributed by atoms with Crippen molar-refractivity contribution in [1.29, 1.82) is 0 Å². The van der Waals surface area contributed by atoms with Gasteiger partial charge >= 0.3 is 0 Å². The highest BCUT2D eigenvalue weighted by atomic mass is 16.3. The van der Waals surface area contributed by atoms with Crippen LogP contribution in [0.4, 0.5) is 5.95 Å². The monoisotopic (exact) mass is 207 g/mol. The van der Waals surface area contributed by atoms with Gasteiger partial charge in [0.1, 0.15) is 0 Å². The Morgan fingerprint density at radius 3 is 2.73 bits per heavy atom. The number of hydrogen-bond donors (Lipinski definition) is 1. The summed E-state index contributed by atoms with van der Waals surface area (Å²) < 4.78 is 0. The number of likely N-dealkylation sites (N-methyl/N-ethyl adjacent to an activating group) is 1. The van der Waals surface area contributed by atoms with Crippen molar-refractivity contribution in [3.63, 3.8) is 0 Å². The molecule has 4 heteroatoms. The zero-order valence-corrected chi connectivity index (χ0v) is 9.49. The summed E-state index contributed by atoms with van der Waals surface area (Å²) in [5.74, 6) is 0.660. The summed E-state index contributed by atoms with van der Waals surface area (Å²) in [5.41, 5.74) is 2.64. The summed E-state index contributed by atoms with van der Waals surface area (Å²) in [5, 5.41) is 8.99. The van der Waals surface area contributed by atoms with Crippen LogP contribution < -0.4 is 4.90 Å². The van der Waals surface area contributed by atoms with Crippen LogP contribution in [0.3, 0.4) is 0 Å². The lowest BCUT2D eigenvalue weighted by molar-refractivity contribution is 0.280.